The molecule has 0 N–H and O–H groups in total. The largest absolute Gasteiger partial charge is 0.373 e. The molecule has 0 radical (unpaired) electrons. The average molecular weight is 374 g/mol. The van der Waals surface area contributed by atoms with E-state index < -0.39 is 37.1 Å². The summed E-state index contributed by atoms with van der Waals surface area (Å²) in [6.45, 7) is 0.563. The van der Waals surface area contributed by atoms with Crippen molar-refractivity contribution in [2.75, 3.05) is 13.7 Å². The number of hydrogen-bond acceptors (Lipinski definition) is 5. The topological polar surface area (TPSA) is 46.2 Å². The van der Waals surface area contributed by atoms with Crippen LogP contribution in [0.3, 0.4) is 0 Å². The van der Waals surface area contributed by atoms with Gasteiger partial charge in [0.2, 0.25) is 6.36 Å². The van der Waals surface area contributed by atoms with Crippen molar-refractivity contribution in [1.29, 1.82) is 0 Å². The highest BCUT2D eigenvalue weighted by molar-refractivity contribution is 5.17. The number of halogens is 1. The molecular weight excluding hydrogens is 351 g/mol. The third-order valence-electron chi connectivity index (χ3n) is 4.90. The van der Waals surface area contributed by atoms with Crippen LogP contribution in [0.5, 0.6) is 0 Å². The van der Waals surface area contributed by atoms with Crippen LogP contribution < -0.4 is 0 Å². The third-order valence-corrected chi connectivity index (χ3v) is 4.90. The van der Waals surface area contributed by atoms with Gasteiger partial charge in [0.25, 0.3) is 0 Å². The molecule has 6 heteroatoms. The highest BCUT2D eigenvalue weighted by Gasteiger charge is 2.51. The highest BCUT2D eigenvalue weighted by Crippen LogP contribution is 2.36. The molecule has 2 heterocycles. The quantitative estimate of drug-likeness (QED) is 0.803. The van der Waals surface area contributed by atoms with E-state index in [0.29, 0.717) is 6.61 Å². The van der Waals surface area contributed by atoms with Crippen molar-refractivity contribution in [3.05, 3.63) is 71.8 Å². The summed E-state index contributed by atoms with van der Waals surface area (Å²) >= 11 is 0. The second-order valence-electron chi connectivity index (χ2n) is 6.66. The van der Waals surface area contributed by atoms with E-state index in [1.807, 2.05) is 60.7 Å². The van der Waals surface area contributed by atoms with Crippen LogP contribution in [-0.4, -0.2) is 44.5 Å². The molecule has 0 bridgehead atoms. The molecule has 27 heavy (non-hydrogen) atoms. The maximum absolute atomic E-state index is 14.5. The second kappa shape index (κ2) is 8.46. The first-order valence-electron chi connectivity index (χ1n) is 9.06. The molecule has 144 valence electrons. The summed E-state index contributed by atoms with van der Waals surface area (Å²) < 4.78 is 43.2. The molecule has 0 saturated carbocycles. The molecule has 2 fully saturated rings. The lowest BCUT2D eigenvalue weighted by atomic mass is 9.97. The lowest BCUT2D eigenvalue weighted by Gasteiger charge is -2.47. The van der Waals surface area contributed by atoms with E-state index in [2.05, 4.69) is 0 Å². The summed E-state index contributed by atoms with van der Waals surface area (Å²) in [5.74, 6) is 0. The first-order chi connectivity index (χ1) is 13.3. The minimum Gasteiger partial charge on any atom is -0.373 e. The molecule has 0 aromatic heterocycles. The number of methoxy groups -OCH3 is 1. The van der Waals surface area contributed by atoms with Crippen LogP contribution >= 0.6 is 0 Å². The first kappa shape index (κ1) is 18.5. The number of fused-ring (bicyclic) bond motifs is 1. The van der Waals surface area contributed by atoms with Gasteiger partial charge >= 0.3 is 0 Å². The molecule has 2 aliphatic rings. The SMILES string of the molecule is CO[C@@H]1[C@@H](OCc2ccccc2)[C@@H]2O[C@H](c3ccccc3)OC[C@H]2O[C@H]1F. The molecule has 0 spiro atoms. The Kier molecular flexibility index (Phi) is 5.80. The van der Waals surface area contributed by atoms with Crippen LogP contribution in [-0.2, 0) is 30.3 Å². The van der Waals surface area contributed by atoms with E-state index in [1.165, 1.54) is 7.11 Å². The second-order valence-corrected chi connectivity index (χ2v) is 6.66. The summed E-state index contributed by atoms with van der Waals surface area (Å²) in [6, 6.07) is 19.4. The van der Waals surface area contributed by atoms with E-state index in [1.54, 1.807) is 0 Å². The maximum Gasteiger partial charge on any atom is 0.228 e. The molecule has 6 atom stereocenters. The smallest absolute Gasteiger partial charge is 0.228 e. The van der Waals surface area contributed by atoms with E-state index >= 15 is 0 Å². The fourth-order valence-electron chi connectivity index (χ4n) is 3.52. The van der Waals surface area contributed by atoms with Crippen LogP contribution in [0.25, 0.3) is 0 Å². The van der Waals surface area contributed by atoms with Crippen molar-refractivity contribution in [3.63, 3.8) is 0 Å². The lowest BCUT2D eigenvalue weighted by Crippen LogP contribution is -2.62. The zero-order valence-corrected chi connectivity index (χ0v) is 15.1. The van der Waals surface area contributed by atoms with Crippen LogP contribution in [0.15, 0.2) is 60.7 Å². The number of ether oxygens (including phenoxy) is 5. The van der Waals surface area contributed by atoms with Crippen LogP contribution in [0.1, 0.15) is 17.4 Å². The normalized spacial score (nSPS) is 33.4. The van der Waals surface area contributed by atoms with Gasteiger partial charge in [-0.15, -0.1) is 0 Å². The zero-order valence-electron chi connectivity index (χ0n) is 15.1. The monoisotopic (exact) mass is 374 g/mol. The Morgan fingerprint density at radius 2 is 1.67 bits per heavy atom. The molecule has 4 rings (SSSR count). The highest BCUT2D eigenvalue weighted by atomic mass is 19.1. The summed E-state index contributed by atoms with van der Waals surface area (Å²) in [7, 11) is 1.45. The zero-order chi connectivity index (χ0) is 18.6. The van der Waals surface area contributed by atoms with E-state index in [-0.39, 0.29) is 6.61 Å². The number of alkyl halides is 1. The number of benzene rings is 2. The standard InChI is InChI=1S/C21H23FO5/c1-23-19-18(24-12-14-8-4-2-5-9-14)17-16(26-20(19)22)13-25-21(27-17)15-10-6-3-7-11-15/h2-11,16-21H,12-13H2,1H3/t16-,17-,18+,19-,20-,21-/m1/s1. The van der Waals surface area contributed by atoms with Gasteiger partial charge in [0.1, 0.15) is 24.4 Å². The first-order valence-corrected chi connectivity index (χ1v) is 9.06. The van der Waals surface area contributed by atoms with Crippen molar-refractivity contribution in [2.45, 2.75) is 43.7 Å². The van der Waals surface area contributed by atoms with Gasteiger partial charge in [-0.3, -0.25) is 0 Å². The van der Waals surface area contributed by atoms with Crippen molar-refractivity contribution >= 4 is 0 Å². The summed E-state index contributed by atoms with van der Waals surface area (Å²) in [5, 5.41) is 0. The van der Waals surface area contributed by atoms with Gasteiger partial charge in [0.05, 0.1) is 13.2 Å². The van der Waals surface area contributed by atoms with E-state index in [4.69, 9.17) is 23.7 Å². The molecule has 0 aliphatic carbocycles. The molecular formula is C21H23FO5. The van der Waals surface area contributed by atoms with Gasteiger partial charge in [-0.05, 0) is 5.56 Å². The molecule has 5 nitrogen and oxygen atoms in total. The predicted molar refractivity (Wildman–Crippen MR) is 95.6 cm³/mol. The van der Waals surface area contributed by atoms with Gasteiger partial charge < -0.3 is 23.7 Å². The third kappa shape index (κ3) is 4.05. The van der Waals surface area contributed by atoms with Crippen molar-refractivity contribution < 1.29 is 28.1 Å². The molecule has 2 saturated heterocycles. The number of rotatable bonds is 5. The average Bonchev–Trinajstić information content (AvgIpc) is 2.73. The van der Waals surface area contributed by atoms with Crippen molar-refractivity contribution in [1.82, 2.24) is 0 Å². The predicted octanol–water partition coefficient (Wildman–Crippen LogP) is 3.40. The lowest BCUT2D eigenvalue weighted by molar-refractivity contribution is -0.351. The maximum atomic E-state index is 14.5. The van der Waals surface area contributed by atoms with Crippen LogP contribution in [0.2, 0.25) is 0 Å². The summed E-state index contributed by atoms with van der Waals surface area (Å²) in [5.41, 5.74) is 1.89. The molecule has 2 aromatic carbocycles. The minimum absolute atomic E-state index is 0.228. The molecule has 2 aliphatic heterocycles. The Morgan fingerprint density at radius 3 is 2.37 bits per heavy atom. The summed E-state index contributed by atoms with van der Waals surface area (Å²) in [4.78, 5) is 0. The van der Waals surface area contributed by atoms with Crippen LogP contribution in [0.4, 0.5) is 4.39 Å². The Hall–Kier alpha value is -1.83. The van der Waals surface area contributed by atoms with Crippen molar-refractivity contribution in [3.8, 4) is 0 Å². The Bertz CT molecular complexity index is 713. The van der Waals surface area contributed by atoms with Gasteiger partial charge in [-0.1, -0.05) is 60.7 Å². The minimum atomic E-state index is -1.60. The van der Waals surface area contributed by atoms with Gasteiger partial charge in [0.15, 0.2) is 6.29 Å². The fourth-order valence-corrected chi connectivity index (χ4v) is 3.52. The molecule has 2 aromatic rings. The fraction of sp³-hybridized carbons (Fsp3) is 0.429. The van der Waals surface area contributed by atoms with Gasteiger partial charge in [0, 0.05) is 12.7 Å². The van der Waals surface area contributed by atoms with E-state index in [0.717, 1.165) is 11.1 Å². The molecule has 0 unspecified atom stereocenters. The van der Waals surface area contributed by atoms with Crippen molar-refractivity contribution in [2.24, 2.45) is 0 Å². The Labute approximate surface area is 157 Å². The Balaban J connectivity index is 1.53. The van der Waals surface area contributed by atoms with E-state index in [9.17, 15) is 4.39 Å². The number of hydrogen-bond donors (Lipinski definition) is 0. The Morgan fingerprint density at radius 1 is 0.963 bits per heavy atom. The van der Waals surface area contributed by atoms with Gasteiger partial charge in [-0.2, -0.15) is 0 Å². The molecule has 0 amide bonds. The van der Waals surface area contributed by atoms with Crippen LogP contribution in [0, 0.1) is 0 Å². The van der Waals surface area contributed by atoms with Gasteiger partial charge in [-0.25, -0.2) is 4.39 Å². The summed E-state index contributed by atoms with van der Waals surface area (Å²) in [6.07, 6.45) is -4.68.